The van der Waals surface area contributed by atoms with Gasteiger partial charge in [0, 0.05) is 17.2 Å². The fraction of sp³-hybridized carbons (Fsp3) is 0.455. The molecule has 2 N–H and O–H groups in total. The van der Waals surface area contributed by atoms with E-state index in [1.807, 2.05) is 13.1 Å². The van der Waals surface area contributed by atoms with Crippen molar-refractivity contribution >= 4 is 11.8 Å². The molecular formula is C22H29N3O2. The van der Waals surface area contributed by atoms with Crippen LogP contribution in [0.2, 0.25) is 0 Å². The zero-order valence-electron chi connectivity index (χ0n) is 16.5. The van der Waals surface area contributed by atoms with Crippen molar-refractivity contribution in [2.75, 3.05) is 11.9 Å². The molecule has 1 aliphatic heterocycles. The molecule has 2 heterocycles. The van der Waals surface area contributed by atoms with E-state index < -0.39 is 0 Å². The Morgan fingerprint density at radius 2 is 1.93 bits per heavy atom. The molecule has 0 saturated heterocycles. The van der Waals surface area contributed by atoms with Gasteiger partial charge in [-0.25, -0.2) is 4.79 Å². The summed E-state index contributed by atoms with van der Waals surface area (Å²) >= 11 is 0. The predicted molar refractivity (Wildman–Crippen MR) is 108 cm³/mol. The summed E-state index contributed by atoms with van der Waals surface area (Å²) in [6.45, 7) is 6.53. The van der Waals surface area contributed by atoms with Crippen LogP contribution in [-0.2, 0) is 16.0 Å². The highest BCUT2D eigenvalue weighted by molar-refractivity contribution is 5.94. The third-order valence-electron chi connectivity index (χ3n) is 5.03. The van der Waals surface area contributed by atoms with Crippen molar-refractivity contribution in [3.63, 3.8) is 0 Å². The number of hydrogen-bond acceptors (Lipinski definition) is 4. The Kier molecular flexibility index (Phi) is 6.32. The van der Waals surface area contributed by atoms with Gasteiger partial charge in [0.2, 0.25) is 0 Å². The molecule has 1 aliphatic rings. The Morgan fingerprint density at radius 1 is 1.11 bits per heavy atom. The number of ether oxygens (including phenoxy) is 1. The SMILES string of the molecule is CCCCc1ccccc1C1C(C(=O)OCC)=C(CCC)Nc2[nH]ncc21. The minimum Gasteiger partial charge on any atom is -0.463 e. The number of aromatic nitrogens is 2. The number of esters is 1. The molecule has 5 heteroatoms. The average molecular weight is 367 g/mol. The predicted octanol–water partition coefficient (Wildman–Crippen LogP) is 4.93. The Balaban J connectivity index is 2.16. The van der Waals surface area contributed by atoms with Gasteiger partial charge in [0.1, 0.15) is 5.82 Å². The number of H-pyrrole nitrogens is 1. The van der Waals surface area contributed by atoms with Crippen molar-refractivity contribution < 1.29 is 9.53 Å². The third-order valence-corrected chi connectivity index (χ3v) is 5.03. The smallest absolute Gasteiger partial charge is 0.336 e. The maximum atomic E-state index is 13.0. The van der Waals surface area contributed by atoms with Crippen molar-refractivity contribution in [1.82, 2.24) is 10.2 Å². The fourth-order valence-corrected chi connectivity index (χ4v) is 3.79. The summed E-state index contributed by atoms with van der Waals surface area (Å²) < 4.78 is 5.45. The normalized spacial score (nSPS) is 16.0. The number of rotatable bonds is 8. The second-order valence-corrected chi connectivity index (χ2v) is 6.92. The maximum Gasteiger partial charge on any atom is 0.336 e. The van der Waals surface area contributed by atoms with Gasteiger partial charge in [-0.15, -0.1) is 0 Å². The molecule has 0 spiro atoms. The van der Waals surface area contributed by atoms with E-state index in [0.717, 1.165) is 54.8 Å². The van der Waals surface area contributed by atoms with E-state index in [1.165, 1.54) is 11.1 Å². The molecule has 1 atom stereocenters. The standard InChI is InChI=1S/C22H29N3O2/c1-4-7-11-15-12-8-9-13-16(15)19-17-14-23-25-21(17)24-18(10-5-2)20(19)22(26)27-6-3/h8-9,12-14,19H,4-7,10-11H2,1-3H3,(H2,23,24,25). The first-order valence-electron chi connectivity index (χ1n) is 9.99. The molecule has 0 fully saturated rings. The number of aromatic amines is 1. The summed E-state index contributed by atoms with van der Waals surface area (Å²) in [5.74, 6) is 0.478. The molecule has 5 nitrogen and oxygen atoms in total. The summed E-state index contributed by atoms with van der Waals surface area (Å²) in [5.41, 5.74) is 5.12. The Bertz CT molecular complexity index is 822. The topological polar surface area (TPSA) is 67.0 Å². The minimum atomic E-state index is -0.240. The van der Waals surface area contributed by atoms with E-state index in [0.29, 0.717) is 6.61 Å². The summed E-state index contributed by atoms with van der Waals surface area (Å²) in [5, 5.41) is 10.7. The van der Waals surface area contributed by atoms with Crippen LogP contribution >= 0.6 is 0 Å². The first-order chi connectivity index (χ1) is 13.2. The molecule has 1 aromatic carbocycles. The number of benzene rings is 1. The van der Waals surface area contributed by atoms with E-state index in [2.05, 4.69) is 53.6 Å². The van der Waals surface area contributed by atoms with Gasteiger partial charge in [-0.2, -0.15) is 5.10 Å². The van der Waals surface area contributed by atoms with Crippen LogP contribution in [0.15, 0.2) is 41.7 Å². The molecular weight excluding hydrogens is 338 g/mol. The number of anilines is 1. The van der Waals surface area contributed by atoms with Crippen LogP contribution in [0.5, 0.6) is 0 Å². The van der Waals surface area contributed by atoms with Gasteiger partial charge in [0.05, 0.1) is 18.4 Å². The molecule has 2 aromatic rings. The van der Waals surface area contributed by atoms with Gasteiger partial charge in [0.15, 0.2) is 0 Å². The molecule has 0 amide bonds. The van der Waals surface area contributed by atoms with Crippen LogP contribution in [0.4, 0.5) is 5.82 Å². The molecule has 0 bridgehead atoms. The van der Waals surface area contributed by atoms with Crippen LogP contribution < -0.4 is 5.32 Å². The lowest BCUT2D eigenvalue weighted by Crippen LogP contribution is -2.25. The van der Waals surface area contributed by atoms with Crippen LogP contribution in [0, 0.1) is 0 Å². The Morgan fingerprint density at radius 3 is 2.67 bits per heavy atom. The summed E-state index contributed by atoms with van der Waals surface area (Å²) in [6.07, 6.45) is 6.83. The largest absolute Gasteiger partial charge is 0.463 e. The number of allylic oxidation sites excluding steroid dienone is 1. The second-order valence-electron chi connectivity index (χ2n) is 6.92. The van der Waals surface area contributed by atoms with Crippen molar-refractivity contribution in [3.8, 4) is 0 Å². The van der Waals surface area contributed by atoms with Crippen LogP contribution in [-0.4, -0.2) is 22.8 Å². The first-order valence-corrected chi connectivity index (χ1v) is 9.99. The average Bonchev–Trinajstić information content (AvgIpc) is 3.14. The number of aryl methyl sites for hydroxylation is 1. The lowest BCUT2D eigenvalue weighted by molar-refractivity contribution is -0.138. The molecule has 144 valence electrons. The van der Waals surface area contributed by atoms with Crippen molar-refractivity contribution in [3.05, 3.63) is 58.4 Å². The highest BCUT2D eigenvalue weighted by atomic mass is 16.5. The van der Waals surface area contributed by atoms with Crippen molar-refractivity contribution in [2.24, 2.45) is 0 Å². The summed E-state index contributed by atoms with van der Waals surface area (Å²) in [4.78, 5) is 13.0. The molecule has 0 saturated carbocycles. The van der Waals surface area contributed by atoms with Gasteiger partial charge in [-0.3, -0.25) is 5.10 Å². The number of carbonyl (C=O) groups is 1. The molecule has 0 radical (unpaired) electrons. The molecule has 3 rings (SSSR count). The third kappa shape index (κ3) is 3.92. The molecule has 0 aliphatic carbocycles. The first kappa shape index (κ1) is 19.2. The number of hydrogen-bond donors (Lipinski definition) is 2. The highest BCUT2D eigenvalue weighted by Crippen LogP contribution is 2.43. The van der Waals surface area contributed by atoms with Gasteiger partial charge in [0.25, 0.3) is 0 Å². The van der Waals surface area contributed by atoms with Gasteiger partial charge in [-0.05, 0) is 37.3 Å². The quantitative estimate of drug-likeness (QED) is 0.649. The second kappa shape index (κ2) is 8.89. The fourth-order valence-electron chi connectivity index (χ4n) is 3.79. The molecule has 1 unspecified atom stereocenters. The van der Waals surface area contributed by atoms with Gasteiger partial charge < -0.3 is 10.1 Å². The van der Waals surface area contributed by atoms with Gasteiger partial charge in [-0.1, -0.05) is 51.0 Å². The van der Waals surface area contributed by atoms with Crippen molar-refractivity contribution in [1.29, 1.82) is 0 Å². The van der Waals surface area contributed by atoms with E-state index in [9.17, 15) is 4.79 Å². The lowest BCUT2D eigenvalue weighted by atomic mass is 9.79. The minimum absolute atomic E-state index is 0.159. The van der Waals surface area contributed by atoms with E-state index in [4.69, 9.17) is 4.74 Å². The Hall–Kier alpha value is -2.56. The Labute approximate surface area is 161 Å². The number of fused-ring (bicyclic) bond motifs is 1. The zero-order valence-corrected chi connectivity index (χ0v) is 16.5. The number of unbranched alkanes of at least 4 members (excludes halogenated alkanes) is 1. The van der Waals surface area contributed by atoms with Gasteiger partial charge >= 0.3 is 5.97 Å². The molecule has 27 heavy (non-hydrogen) atoms. The zero-order chi connectivity index (χ0) is 19.2. The maximum absolute atomic E-state index is 13.0. The highest BCUT2D eigenvalue weighted by Gasteiger charge is 2.36. The summed E-state index contributed by atoms with van der Waals surface area (Å²) in [7, 11) is 0. The number of carbonyl (C=O) groups excluding carboxylic acids is 1. The monoisotopic (exact) mass is 367 g/mol. The van der Waals surface area contributed by atoms with E-state index >= 15 is 0 Å². The summed E-state index contributed by atoms with van der Waals surface area (Å²) in [6, 6.07) is 8.44. The van der Waals surface area contributed by atoms with E-state index in [1.54, 1.807) is 0 Å². The molecule has 1 aromatic heterocycles. The van der Waals surface area contributed by atoms with Crippen LogP contribution in [0.25, 0.3) is 0 Å². The van der Waals surface area contributed by atoms with Crippen LogP contribution in [0.1, 0.15) is 69.1 Å². The number of nitrogens with one attached hydrogen (secondary N) is 2. The lowest BCUT2D eigenvalue weighted by Gasteiger charge is -2.30. The van der Waals surface area contributed by atoms with Crippen molar-refractivity contribution in [2.45, 2.75) is 58.8 Å². The number of nitrogens with zero attached hydrogens (tertiary/aromatic N) is 1. The van der Waals surface area contributed by atoms with E-state index in [-0.39, 0.29) is 11.9 Å². The van der Waals surface area contributed by atoms with Crippen LogP contribution in [0.3, 0.4) is 0 Å².